The van der Waals surface area contributed by atoms with Gasteiger partial charge >= 0.3 is 5.69 Å². The number of nitro benzene ring substituents is 1. The third-order valence-electron chi connectivity index (χ3n) is 2.70. The smallest absolute Gasteiger partial charge is 0.310 e. The van der Waals surface area contributed by atoms with Gasteiger partial charge in [-0.15, -0.1) is 0 Å². The van der Waals surface area contributed by atoms with E-state index >= 15 is 0 Å². The minimum absolute atomic E-state index is 0.0575. The highest BCUT2D eigenvalue weighted by molar-refractivity contribution is 5.48. The first-order chi connectivity index (χ1) is 9.08. The third kappa shape index (κ3) is 4.84. The monoisotopic (exact) mass is 268 g/mol. The zero-order valence-electron chi connectivity index (χ0n) is 11.3. The number of aliphatic hydroxyl groups is 1. The average molecular weight is 268 g/mol. The molecule has 1 unspecified atom stereocenters. The number of hydrogen-bond donors (Lipinski definition) is 2. The van der Waals surface area contributed by atoms with Gasteiger partial charge in [-0.3, -0.25) is 10.1 Å². The Labute approximate surface area is 112 Å². The van der Waals surface area contributed by atoms with Crippen LogP contribution in [-0.4, -0.2) is 29.3 Å². The molecule has 0 aliphatic carbocycles. The fourth-order valence-corrected chi connectivity index (χ4v) is 1.51. The minimum Gasteiger partial charge on any atom is -0.484 e. The normalized spacial score (nSPS) is 12.2. The fraction of sp³-hybridized carbons (Fsp3) is 0.538. The summed E-state index contributed by atoms with van der Waals surface area (Å²) in [6.07, 6.45) is -0.0674. The number of rotatable bonds is 8. The van der Waals surface area contributed by atoms with Gasteiger partial charge in [0.25, 0.3) is 0 Å². The Bertz CT molecular complexity index is 423. The first-order valence-corrected chi connectivity index (χ1v) is 6.37. The summed E-state index contributed by atoms with van der Waals surface area (Å²) in [7, 11) is 0. The van der Waals surface area contributed by atoms with E-state index in [0.717, 1.165) is 12.1 Å². The zero-order chi connectivity index (χ0) is 14.3. The number of ether oxygens (including phenoxy) is 1. The van der Waals surface area contributed by atoms with Crippen LogP contribution in [0.25, 0.3) is 0 Å². The van der Waals surface area contributed by atoms with E-state index in [4.69, 9.17) is 4.74 Å². The van der Waals surface area contributed by atoms with Crippen molar-refractivity contribution in [3.63, 3.8) is 0 Å². The molecule has 0 aliphatic heterocycles. The number of nitrogens with zero attached hydrogens (tertiary/aromatic N) is 1. The maximum Gasteiger partial charge on any atom is 0.310 e. The second-order valence-electron chi connectivity index (χ2n) is 4.21. The van der Waals surface area contributed by atoms with Gasteiger partial charge in [-0.25, -0.2) is 0 Å². The van der Waals surface area contributed by atoms with Crippen LogP contribution in [0, 0.1) is 10.1 Å². The van der Waals surface area contributed by atoms with Gasteiger partial charge in [0.2, 0.25) is 0 Å². The van der Waals surface area contributed by atoms with Gasteiger partial charge in [-0.2, -0.15) is 0 Å². The summed E-state index contributed by atoms with van der Waals surface area (Å²) in [4.78, 5) is 10.4. The predicted molar refractivity (Wildman–Crippen MR) is 72.3 cm³/mol. The molecule has 0 spiro atoms. The highest BCUT2D eigenvalue weighted by Crippen LogP contribution is 2.28. The SMILES string of the molecule is CCNCc1ccc([N+](=O)[O-])c(OCC(O)CC)c1. The number of hydrogen-bond acceptors (Lipinski definition) is 5. The molecule has 0 aliphatic rings. The number of aliphatic hydroxyl groups excluding tert-OH is 1. The average Bonchev–Trinajstić information content (AvgIpc) is 2.42. The molecule has 1 aromatic rings. The maximum atomic E-state index is 10.9. The van der Waals surface area contributed by atoms with Crippen LogP contribution >= 0.6 is 0 Å². The minimum atomic E-state index is -0.614. The van der Waals surface area contributed by atoms with Crippen LogP contribution in [0.2, 0.25) is 0 Å². The van der Waals surface area contributed by atoms with Gasteiger partial charge in [0.05, 0.1) is 11.0 Å². The Kier molecular flexibility index (Phi) is 6.24. The molecular formula is C13H20N2O4. The van der Waals surface area contributed by atoms with Crippen molar-refractivity contribution < 1.29 is 14.8 Å². The first-order valence-electron chi connectivity index (χ1n) is 6.37. The van der Waals surface area contributed by atoms with E-state index in [1.165, 1.54) is 6.07 Å². The van der Waals surface area contributed by atoms with Crippen molar-refractivity contribution in [1.82, 2.24) is 5.32 Å². The Morgan fingerprint density at radius 1 is 1.47 bits per heavy atom. The van der Waals surface area contributed by atoms with E-state index in [0.29, 0.717) is 13.0 Å². The summed E-state index contributed by atoms with van der Waals surface area (Å²) < 4.78 is 5.35. The molecule has 0 bridgehead atoms. The topological polar surface area (TPSA) is 84.6 Å². The maximum absolute atomic E-state index is 10.9. The fourth-order valence-electron chi connectivity index (χ4n) is 1.51. The summed E-state index contributed by atoms with van der Waals surface area (Å²) in [5, 5.41) is 23.5. The van der Waals surface area contributed by atoms with E-state index in [-0.39, 0.29) is 18.0 Å². The lowest BCUT2D eigenvalue weighted by atomic mass is 10.2. The molecule has 0 saturated heterocycles. The van der Waals surface area contributed by atoms with Crippen LogP contribution in [0.5, 0.6) is 5.75 Å². The number of benzene rings is 1. The number of nitro groups is 1. The first kappa shape index (κ1) is 15.4. The second kappa shape index (κ2) is 7.70. The summed E-state index contributed by atoms with van der Waals surface area (Å²) in [5.41, 5.74) is 0.831. The van der Waals surface area contributed by atoms with Crippen LogP contribution < -0.4 is 10.1 Å². The molecule has 0 radical (unpaired) electrons. The third-order valence-corrected chi connectivity index (χ3v) is 2.70. The lowest BCUT2D eigenvalue weighted by molar-refractivity contribution is -0.385. The van der Waals surface area contributed by atoms with Gasteiger partial charge < -0.3 is 15.2 Å². The van der Waals surface area contributed by atoms with E-state index in [2.05, 4.69) is 5.32 Å². The van der Waals surface area contributed by atoms with Gasteiger partial charge in [-0.1, -0.05) is 19.9 Å². The molecule has 1 rings (SSSR count). The van der Waals surface area contributed by atoms with Crippen LogP contribution in [0.4, 0.5) is 5.69 Å². The molecule has 0 fully saturated rings. The molecule has 0 heterocycles. The molecule has 19 heavy (non-hydrogen) atoms. The largest absolute Gasteiger partial charge is 0.484 e. The summed E-state index contributed by atoms with van der Waals surface area (Å²) >= 11 is 0. The summed E-state index contributed by atoms with van der Waals surface area (Å²) in [5.74, 6) is 0.202. The Morgan fingerprint density at radius 3 is 2.79 bits per heavy atom. The standard InChI is InChI=1S/C13H20N2O4/c1-3-11(16)9-19-13-7-10(8-14-4-2)5-6-12(13)15(17)18/h5-7,11,14,16H,3-4,8-9H2,1-2H3. The molecular weight excluding hydrogens is 248 g/mol. The van der Waals surface area contributed by atoms with Gasteiger partial charge in [-0.05, 0) is 24.6 Å². The van der Waals surface area contributed by atoms with Crippen molar-refractivity contribution in [3.05, 3.63) is 33.9 Å². The van der Waals surface area contributed by atoms with E-state index in [1.807, 2.05) is 13.8 Å². The highest BCUT2D eigenvalue weighted by Gasteiger charge is 2.16. The lowest BCUT2D eigenvalue weighted by Crippen LogP contribution is -2.17. The highest BCUT2D eigenvalue weighted by atomic mass is 16.6. The van der Waals surface area contributed by atoms with Crippen molar-refractivity contribution in [2.75, 3.05) is 13.2 Å². The molecule has 1 aromatic carbocycles. The predicted octanol–water partition coefficient (Wildman–Crippen LogP) is 1.85. The van der Waals surface area contributed by atoms with E-state index < -0.39 is 11.0 Å². The Hall–Kier alpha value is -1.66. The second-order valence-corrected chi connectivity index (χ2v) is 4.21. The molecule has 106 valence electrons. The van der Waals surface area contributed by atoms with Crippen molar-refractivity contribution in [3.8, 4) is 5.75 Å². The van der Waals surface area contributed by atoms with Crippen LogP contribution in [0.15, 0.2) is 18.2 Å². The van der Waals surface area contributed by atoms with Gasteiger partial charge in [0.1, 0.15) is 6.61 Å². The molecule has 6 heteroatoms. The molecule has 0 saturated carbocycles. The van der Waals surface area contributed by atoms with Gasteiger partial charge in [0, 0.05) is 12.6 Å². The van der Waals surface area contributed by atoms with Crippen LogP contribution in [0.1, 0.15) is 25.8 Å². The van der Waals surface area contributed by atoms with E-state index in [1.54, 1.807) is 12.1 Å². The van der Waals surface area contributed by atoms with Crippen molar-refractivity contribution >= 4 is 5.69 Å². The van der Waals surface area contributed by atoms with Crippen molar-refractivity contribution in [2.24, 2.45) is 0 Å². The molecule has 6 nitrogen and oxygen atoms in total. The molecule has 0 aromatic heterocycles. The van der Waals surface area contributed by atoms with Crippen molar-refractivity contribution in [1.29, 1.82) is 0 Å². The van der Waals surface area contributed by atoms with Crippen molar-refractivity contribution in [2.45, 2.75) is 32.9 Å². The zero-order valence-corrected chi connectivity index (χ0v) is 11.3. The summed E-state index contributed by atoms with van der Waals surface area (Å²) in [6.45, 7) is 5.31. The lowest BCUT2D eigenvalue weighted by Gasteiger charge is -2.11. The Morgan fingerprint density at radius 2 is 2.21 bits per heavy atom. The number of nitrogens with one attached hydrogen (secondary N) is 1. The van der Waals surface area contributed by atoms with Crippen LogP contribution in [0.3, 0.4) is 0 Å². The van der Waals surface area contributed by atoms with Crippen LogP contribution in [-0.2, 0) is 6.54 Å². The quantitative estimate of drug-likeness (QED) is 0.555. The molecule has 1 atom stereocenters. The van der Waals surface area contributed by atoms with Gasteiger partial charge in [0.15, 0.2) is 5.75 Å². The summed E-state index contributed by atoms with van der Waals surface area (Å²) in [6, 6.07) is 4.77. The molecule has 2 N–H and O–H groups in total. The molecule has 0 amide bonds. The van der Waals surface area contributed by atoms with E-state index in [9.17, 15) is 15.2 Å². The Balaban J connectivity index is 2.85.